The van der Waals surface area contributed by atoms with E-state index in [0.29, 0.717) is 13.2 Å². The number of carbonyl (C=O) groups is 1. The Morgan fingerprint density at radius 3 is 3.04 bits per heavy atom. The van der Waals surface area contributed by atoms with E-state index in [0.717, 1.165) is 36.3 Å². The number of aromatic nitrogens is 2. The first-order chi connectivity index (χ1) is 12.2. The van der Waals surface area contributed by atoms with E-state index >= 15 is 0 Å². The highest BCUT2D eigenvalue weighted by atomic mass is 16.5. The van der Waals surface area contributed by atoms with Crippen LogP contribution in [0.5, 0.6) is 5.75 Å². The van der Waals surface area contributed by atoms with Gasteiger partial charge >= 0.3 is 0 Å². The molecule has 0 radical (unpaired) electrons. The summed E-state index contributed by atoms with van der Waals surface area (Å²) in [6.45, 7) is 4.02. The molecule has 0 bridgehead atoms. The lowest BCUT2D eigenvalue weighted by atomic mass is 10.1. The zero-order chi connectivity index (χ0) is 17.6. The lowest BCUT2D eigenvalue weighted by Gasteiger charge is -2.32. The second-order valence-corrected chi connectivity index (χ2v) is 6.48. The Morgan fingerprint density at radius 2 is 2.28 bits per heavy atom. The van der Waals surface area contributed by atoms with Crippen molar-refractivity contribution in [3.05, 3.63) is 47.8 Å². The van der Waals surface area contributed by atoms with Gasteiger partial charge in [-0.2, -0.15) is 5.10 Å². The van der Waals surface area contributed by atoms with Crippen LogP contribution in [0.1, 0.15) is 30.0 Å². The van der Waals surface area contributed by atoms with Crippen molar-refractivity contribution in [2.45, 2.75) is 32.4 Å². The van der Waals surface area contributed by atoms with Crippen LogP contribution in [0.4, 0.5) is 0 Å². The molecule has 6 nitrogen and oxygen atoms in total. The van der Waals surface area contributed by atoms with E-state index in [-0.39, 0.29) is 18.6 Å². The third-order valence-electron chi connectivity index (χ3n) is 4.48. The van der Waals surface area contributed by atoms with Crippen LogP contribution >= 0.6 is 0 Å². The van der Waals surface area contributed by atoms with Crippen molar-refractivity contribution in [3.63, 3.8) is 0 Å². The number of piperidine rings is 1. The lowest BCUT2D eigenvalue weighted by Crippen LogP contribution is -2.42. The van der Waals surface area contributed by atoms with Crippen molar-refractivity contribution in [3.8, 4) is 5.75 Å². The van der Waals surface area contributed by atoms with Gasteiger partial charge in [0, 0.05) is 19.3 Å². The number of methoxy groups -OCH3 is 1. The predicted octanol–water partition coefficient (Wildman–Crippen LogP) is 2.58. The van der Waals surface area contributed by atoms with Gasteiger partial charge in [-0.3, -0.25) is 9.48 Å². The Labute approximate surface area is 148 Å². The zero-order valence-corrected chi connectivity index (χ0v) is 14.9. The summed E-state index contributed by atoms with van der Waals surface area (Å²) in [5, 5.41) is 4.39. The van der Waals surface area contributed by atoms with Gasteiger partial charge in [-0.1, -0.05) is 12.1 Å². The van der Waals surface area contributed by atoms with E-state index in [1.807, 2.05) is 53.2 Å². The van der Waals surface area contributed by atoms with Gasteiger partial charge < -0.3 is 14.4 Å². The Kier molecular flexibility index (Phi) is 5.71. The highest BCUT2D eigenvalue weighted by Gasteiger charge is 2.25. The topological polar surface area (TPSA) is 56.6 Å². The molecule has 1 amide bonds. The molecule has 1 fully saturated rings. The number of hydrogen-bond acceptors (Lipinski definition) is 4. The normalized spacial score (nSPS) is 17.5. The number of amides is 1. The van der Waals surface area contributed by atoms with Crippen LogP contribution in [0.2, 0.25) is 0 Å². The van der Waals surface area contributed by atoms with E-state index < -0.39 is 0 Å². The molecule has 0 aliphatic carbocycles. The van der Waals surface area contributed by atoms with Gasteiger partial charge in [0.1, 0.15) is 12.4 Å². The quantitative estimate of drug-likeness (QED) is 0.809. The minimum absolute atomic E-state index is 0.0384. The molecular formula is C19H25N3O3. The summed E-state index contributed by atoms with van der Waals surface area (Å²) >= 11 is 0. The third kappa shape index (κ3) is 4.60. The summed E-state index contributed by atoms with van der Waals surface area (Å²) < 4.78 is 12.8. The second kappa shape index (κ2) is 8.16. The summed E-state index contributed by atoms with van der Waals surface area (Å²) in [5.41, 5.74) is 2.14. The molecule has 0 spiro atoms. The smallest absolute Gasteiger partial charge is 0.248 e. The molecule has 0 N–H and O–H groups in total. The Balaban J connectivity index is 1.49. The van der Waals surface area contributed by atoms with Crippen LogP contribution in [0.3, 0.4) is 0 Å². The van der Waals surface area contributed by atoms with Crippen molar-refractivity contribution in [2.75, 3.05) is 26.8 Å². The molecule has 1 aromatic heterocycles. The second-order valence-electron chi connectivity index (χ2n) is 6.48. The average Bonchev–Trinajstić information content (AvgIpc) is 3.08. The minimum Gasteiger partial charge on any atom is -0.497 e. The third-order valence-corrected chi connectivity index (χ3v) is 4.48. The molecule has 25 heavy (non-hydrogen) atoms. The van der Waals surface area contributed by atoms with E-state index in [4.69, 9.17) is 9.47 Å². The van der Waals surface area contributed by atoms with Gasteiger partial charge in [0.2, 0.25) is 5.91 Å². The number of aryl methyl sites for hydroxylation is 1. The summed E-state index contributed by atoms with van der Waals surface area (Å²) in [6, 6.07) is 7.94. The molecule has 1 aromatic carbocycles. The Bertz CT molecular complexity index is 713. The maximum atomic E-state index is 12.4. The Morgan fingerprint density at radius 1 is 1.40 bits per heavy atom. The Hall–Kier alpha value is -2.34. The first-order valence-electron chi connectivity index (χ1n) is 8.65. The zero-order valence-electron chi connectivity index (χ0n) is 14.9. The minimum atomic E-state index is 0.0384. The maximum Gasteiger partial charge on any atom is 0.248 e. The molecule has 1 saturated heterocycles. The van der Waals surface area contributed by atoms with Crippen LogP contribution in [0, 0.1) is 6.92 Å². The summed E-state index contributed by atoms with van der Waals surface area (Å²) in [7, 11) is 1.64. The number of benzene rings is 1. The monoisotopic (exact) mass is 343 g/mol. The van der Waals surface area contributed by atoms with E-state index in [1.165, 1.54) is 0 Å². The number of nitrogens with zero attached hydrogens (tertiary/aromatic N) is 3. The molecule has 6 heteroatoms. The molecule has 1 aliphatic rings. The predicted molar refractivity (Wildman–Crippen MR) is 94.5 cm³/mol. The highest BCUT2D eigenvalue weighted by Crippen LogP contribution is 2.21. The average molecular weight is 343 g/mol. The molecule has 2 aromatic rings. The number of ether oxygens (including phenoxy) is 2. The van der Waals surface area contributed by atoms with Gasteiger partial charge in [-0.15, -0.1) is 0 Å². The van der Waals surface area contributed by atoms with Gasteiger partial charge in [0.05, 0.1) is 26.0 Å². The van der Waals surface area contributed by atoms with Crippen molar-refractivity contribution < 1.29 is 14.3 Å². The van der Waals surface area contributed by atoms with Crippen molar-refractivity contribution in [1.82, 2.24) is 14.7 Å². The molecule has 1 atom stereocenters. The molecule has 3 rings (SSSR count). The van der Waals surface area contributed by atoms with Gasteiger partial charge in [-0.05, 0) is 43.0 Å². The van der Waals surface area contributed by atoms with Gasteiger partial charge in [0.25, 0.3) is 0 Å². The SMILES string of the molecule is COc1cccc(COCC(=O)N2CCC[C@H](n3cc(C)cn3)C2)c1. The molecular weight excluding hydrogens is 318 g/mol. The first kappa shape index (κ1) is 17.5. The number of rotatable bonds is 6. The highest BCUT2D eigenvalue weighted by molar-refractivity contribution is 5.77. The molecule has 0 unspecified atom stereocenters. The number of likely N-dealkylation sites (tertiary alicyclic amines) is 1. The molecule has 134 valence electrons. The fourth-order valence-corrected chi connectivity index (χ4v) is 3.14. The summed E-state index contributed by atoms with van der Waals surface area (Å²) in [4.78, 5) is 14.3. The largest absolute Gasteiger partial charge is 0.497 e. The summed E-state index contributed by atoms with van der Waals surface area (Å²) in [6.07, 6.45) is 5.94. The molecule has 2 heterocycles. The standard InChI is InChI=1S/C19H25N3O3/c1-15-10-20-22(11-15)17-6-4-8-21(12-17)19(23)14-25-13-16-5-3-7-18(9-16)24-2/h3,5,7,9-11,17H,4,6,8,12-14H2,1-2H3/t17-/m0/s1. The van der Waals surface area contributed by atoms with Crippen LogP contribution < -0.4 is 4.74 Å². The lowest BCUT2D eigenvalue weighted by molar-refractivity contribution is -0.138. The first-order valence-corrected chi connectivity index (χ1v) is 8.65. The van der Waals surface area contributed by atoms with Crippen molar-refractivity contribution >= 4 is 5.91 Å². The van der Waals surface area contributed by atoms with Gasteiger partial charge in [0.15, 0.2) is 0 Å². The van der Waals surface area contributed by atoms with E-state index in [2.05, 4.69) is 5.10 Å². The number of carbonyl (C=O) groups excluding carboxylic acids is 1. The van der Waals surface area contributed by atoms with Crippen LogP contribution in [-0.2, 0) is 16.1 Å². The van der Waals surface area contributed by atoms with Crippen molar-refractivity contribution in [1.29, 1.82) is 0 Å². The molecule has 1 aliphatic heterocycles. The van der Waals surface area contributed by atoms with Crippen LogP contribution in [0.25, 0.3) is 0 Å². The fourth-order valence-electron chi connectivity index (χ4n) is 3.14. The van der Waals surface area contributed by atoms with Crippen LogP contribution in [-0.4, -0.2) is 47.4 Å². The molecule has 0 saturated carbocycles. The number of hydrogen-bond donors (Lipinski definition) is 0. The summed E-state index contributed by atoms with van der Waals surface area (Å²) in [5.74, 6) is 0.831. The van der Waals surface area contributed by atoms with E-state index in [9.17, 15) is 4.79 Å². The van der Waals surface area contributed by atoms with Crippen LogP contribution in [0.15, 0.2) is 36.7 Å². The van der Waals surface area contributed by atoms with Gasteiger partial charge in [-0.25, -0.2) is 0 Å². The van der Waals surface area contributed by atoms with E-state index in [1.54, 1.807) is 7.11 Å². The maximum absolute atomic E-state index is 12.4. The fraction of sp³-hybridized carbons (Fsp3) is 0.474. The van der Waals surface area contributed by atoms with Crippen molar-refractivity contribution in [2.24, 2.45) is 0 Å².